The number of hydrogen-bond donors (Lipinski definition) is 0. The molecule has 1 aromatic rings. The van der Waals surface area contributed by atoms with Gasteiger partial charge in [0, 0.05) is 18.0 Å². The molecular weight excluding hydrogens is 236 g/mol. The zero-order chi connectivity index (χ0) is 9.14. The van der Waals surface area contributed by atoms with Crippen LogP contribution in [0.4, 0.5) is 5.13 Å². The molecule has 12 heavy (non-hydrogen) atoms. The first-order chi connectivity index (χ1) is 5.69. The van der Waals surface area contributed by atoms with Gasteiger partial charge in [-0.3, -0.25) is 0 Å². The zero-order valence-electron chi connectivity index (χ0n) is 7.59. The molecule has 1 heterocycles. The molecule has 4 heteroatoms. The van der Waals surface area contributed by atoms with Crippen molar-refractivity contribution in [3.8, 4) is 0 Å². The molecule has 2 nitrogen and oxygen atoms in total. The molecule has 0 radical (unpaired) electrons. The lowest BCUT2D eigenvalue weighted by atomic mass is 10.6. The van der Waals surface area contributed by atoms with Crippen molar-refractivity contribution >= 4 is 32.4 Å². The van der Waals surface area contributed by atoms with Crippen LogP contribution in [0.1, 0.15) is 18.7 Å². The van der Waals surface area contributed by atoms with Crippen LogP contribution in [-0.4, -0.2) is 18.1 Å². The molecule has 0 fully saturated rings. The van der Waals surface area contributed by atoms with Gasteiger partial charge in [-0.25, -0.2) is 4.98 Å². The normalized spacial score (nSPS) is 10.3. The van der Waals surface area contributed by atoms with Crippen LogP contribution in [0.3, 0.4) is 0 Å². The fraction of sp³-hybridized carbons (Fsp3) is 0.625. The molecule has 1 aromatic heterocycles. The van der Waals surface area contributed by atoms with Gasteiger partial charge in [0.1, 0.15) is 4.60 Å². The number of thiazole rings is 1. The average Bonchev–Trinajstić information content (AvgIpc) is 2.35. The minimum Gasteiger partial charge on any atom is -0.349 e. The number of halogens is 1. The minimum absolute atomic E-state index is 0.981. The molecule has 0 saturated heterocycles. The van der Waals surface area contributed by atoms with E-state index in [2.05, 4.69) is 46.6 Å². The van der Waals surface area contributed by atoms with E-state index in [-0.39, 0.29) is 0 Å². The Morgan fingerprint density at radius 1 is 1.42 bits per heavy atom. The summed E-state index contributed by atoms with van der Waals surface area (Å²) in [6.45, 7) is 8.42. The van der Waals surface area contributed by atoms with E-state index in [1.54, 1.807) is 11.3 Å². The van der Waals surface area contributed by atoms with Gasteiger partial charge in [0.2, 0.25) is 0 Å². The second-order valence-corrected chi connectivity index (χ2v) is 4.45. The van der Waals surface area contributed by atoms with Crippen molar-refractivity contribution in [3.63, 3.8) is 0 Å². The lowest BCUT2D eigenvalue weighted by Gasteiger charge is -2.16. The van der Waals surface area contributed by atoms with Crippen LogP contribution in [-0.2, 0) is 0 Å². The van der Waals surface area contributed by atoms with Crippen LogP contribution in [0.15, 0.2) is 4.60 Å². The van der Waals surface area contributed by atoms with Crippen molar-refractivity contribution in [2.45, 2.75) is 20.8 Å². The van der Waals surface area contributed by atoms with E-state index in [0.717, 1.165) is 22.8 Å². The molecule has 0 atom stereocenters. The van der Waals surface area contributed by atoms with Crippen molar-refractivity contribution < 1.29 is 0 Å². The summed E-state index contributed by atoms with van der Waals surface area (Å²) in [5.74, 6) is 0. The first-order valence-electron chi connectivity index (χ1n) is 4.06. The number of nitrogens with zero attached hydrogens (tertiary/aromatic N) is 2. The molecule has 0 saturated carbocycles. The fourth-order valence-corrected chi connectivity index (χ4v) is 2.45. The number of rotatable bonds is 3. The molecule has 0 aromatic carbocycles. The average molecular weight is 249 g/mol. The van der Waals surface area contributed by atoms with Crippen molar-refractivity contribution in [2.24, 2.45) is 0 Å². The molecule has 0 amide bonds. The maximum atomic E-state index is 4.41. The highest BCUT2D eigenvalue weighted by Gasteiger charge is 2.08. The third-order valence-electron chi connectivity index (χ3n) is 1.76. The molecule has 0 aliphatic heterocycles. The van der Waals surface area contributed by atoms with Gasteiger partial charge in [0.25, 0.3) is 0 Å². The first kappa shape index (κ1) is 9.99. The highest BCUT2D eigenvalue weighted by molar-refractivity contribution is 9.10. The summed E-state index contributed by atoms with van der Waals surface area (Å²) in [5.41, 5.74) is 0. The van der Waals surface area contributed by atoms with Gasteiger partial charge in [0.15, 0.2) is 5.13 Å². The van der Waals surface area contributed by atoms with E-state index in [9.17, 15) is 0 Å². The molecule has 1 rings (SSSR count). The molecule has 68 valence electrons. The van der Waals surface area contributed by atoms with Crippen molar-refractivity contribution in [2.75, 3.05) is 18.0 Å². The minimum atomic E-state index is 0.981. The van der Waals surface area contributed by atoms with Gasteiger partial charge in [-0.15, -0.1) is 11.3 Å². The van der Waals surface area contributed by atoms with Crippen LogP contribution in [0, 0.1) is 6.92 Å². The van der Waals surface area contributed by atoms with E-state index in [1.807, 2.05) is 0 Å². The predicted octanol–water partition coefficient (Wildman–Crippen LogP) is 3.06. The largest absolute Gasteiger partial charge is 0.349 e. The fourth-order valence-electron chi connectivity index (χ4n) is 0.994. The summed E-state index contributed by atoms with van der Waals surface area (Å²) in [7, 11) is 0. The third-order valence-corrected chi connectivity index (χ3v) is 3.83. The smallest absolute Gasteiger partial charge is 0.186 e. The summed E-state index contributed by atoms with van der Waals surface area (Å²) in [6.07, 6.45) is 0. The van der Waals surface area contributed by atoms with Crippen LogP contribution in [0.5, 0.6) is 0 Å². The monoisotopic (exact) mass is 248 g/mol. The van der Waals surface area contributed by atoms with E-state index < -0.39 is 0 Å². The second-order valence-electron chi connectivity index (χ2n) is 2.52. The summed E-state index contributed by atoms with van der Waals surface area (Å²) < 4.78 is 0.981. The number of anilines is 1. The predicted molar refractivity (Wildman–Crippen MR) is 58.1 cm³/mol. The first-order valence-corrected chi connectivity index (χ1v) is 5.67. The maximum Gasteiger partial charge on any atom is 0.186 e. The Bertz CT molecular complexity index is 236. The number of aryl methyl sites for hydroxylation is 1. The lowest BCUT2D eigenvalue weighted by Crippen LogP contribution is -2.21. The topological polar surface area (TPSA) is 16.1 Å². The molecule has 0 bridgehead atoms. The standard InChI is InChI=1S/C8H13BrN2S/c1-4-11(5-2)8-10-7(9)6(3)12-8/h4-5H2,1-3H3. The molecule has 0 spiro atoms. The van der Waals surface area contributed by atoms with Crippen LogP contribution >= 0.6 is 27.3 Å². The molecule has 0 aliphatic carbocycles. The van der Waals surface area contributed by atoms with E-state index in [1.165, 1.54) is 4.88 Å². The van der Waals surface area contributed by atoms with Gasteiger partial charge in [-0.05, 0) is 36.7 Å². The molecule has 0 N–H and O–H groups in total. The number of aromatic nitrogens is 1. The third kappa shape index (κ3) is 1.98. The molecule has 0 aliphatic rings. The van der Waals surface area contributed by atoms with Crippen molar-refractivity contribution in [3.05, 3.63) is 9.48 Å². The highest BCUT2D eigenvalue weighted by Crippen LogP contribution is 2.28. The van der Waals surface area contributed by atoms with Crippen molar-refractivity contribution in [1.29, 1.82) is 0 Å². The van der Waals surface area contributed by atoms with Gasteiger partial charge in [-0.2, -0.15) is 0 Å². The van der Waals surface area contributed by atoms with E-state index in [0.29, 0.717) is 0 Å². The summed E-state index contributed by atoms with van der Waals surface area (Å²) >= 11 is 5.15. The molecular formula is C8H13BrN2S. The van der Waals surface area contributed by atoms with Crippen LogP contribution < -0.4 is 4.90 Å². The SMILES string of the molecule is CCN(CC)c1nc(Br)c(C)s1. The highest BCUT2D eigenvalue weighted by atomic mass is 79.9. The van der Waals surface area contributed by atoms with Gasteiger partial charge < -0.3 is 4.90 Å². The van der Waals surface area contributed by atoms with Crippen molar-refractivity contribution in [1.82, 2.24) is 4.98 Å². The molecule has 0 unspecified atom stereocenters. The van der Waals surface area contributed by atoms with Crippen LogP contribution in [0.2, 0.25) is 0 Å². The second kappa shape index (κ2) is 4.23. The van der Waals surface area contributed by atoms with Gasteiger partial charge in [0.05, 0.1) is 0 Å². The lowest BCUT2D eigenvalue weighted by molar-refractivity contribution is 0.858. The van der Waals surface area contributed by atoms with E-state index >= 15 is 0 Å². The van der Waals surface area contributed by atoms with E-state index in [4.69, 9.17) is 0 Å². The quantitative estimate of drug-likeness (QED) is 0.818. The Kier molecular flexibility index (Phi) is 3.53. The number of hydrogen-bond acceptors (Lipinski definition) is 3. The summed E-state index contributed by atoms with van der Waals surface area (Å²) in [4.78, 5) is 7.91. The Morgan fingerprint density at radius 2 is 2.00 bits per heavy atom. The Morgan fingerprint density at radius 3 is 2.33 bits per heavy atom. The van der Waals surface area contributed by atoms with Crippen LogP contribution in [0.25, 0.3) is 0 Å². The summed E-state index contributed by atoms with van der Waals surface area (Å²) in [6, 6.07) is 0. The Hall–Kier alpha value is -0.0900. The summed E-state index contributed by atoms with van der Waals surface area (Å²) in [5, 5.41) is 1.12. The zero-order valence-corrected chi connectivity index (χ0v) is 10.00. The van der Waals surface area contributed by atoms with Gasteiger partial charge >= 0.3 is 0 Å². The maximum absolute atomic E-state index is 4.41. The van der Waals surface area contributed by atoms with Gasteiger partial charge in [-0.1, -0.05) is 0 Å². The Labute approximate surface area is 85.7 Å². The Balaban J connectivity index is 2.86.